The Morgan fingerprint density at radius 1 is 0.333 bits per heavy atom. The lowest BCUT2D eigenvalue weighted by Crippen LogP contribution is -2.42. The summed E-state index contributed by atoms with van der Waals surface area (Å²) in [6.07, 6.45) is 0. The van der Waals surface area contributed by atoms with E-state index in [4.69, 9.17) is 40.1 Å². The van der Waals surface area contributed by atoms with Crippen LogP contribution in [0.3, 0.4) is 0 Å². The van der Waals surface area contributed by atoms with E-state index < -0.39 is 0 Å². The largest absolute Gasteiger partial charge is 0.399 e. The standard InChI is InChI=1S/C25H28N6O3.C18H23N5O2.C4H13N3/c26-20-7-1-17(2-8-20)23(32)29-13-15-31(25(34)19-5-11-22(28)12-6-19)16-14-30-24(33)18-3-9-21(27)10-4-18;19-15-5-1-13(2-6-15)17(24)22-11-9-21-10-12-23-18(25)14-3-7-16(20)8-4-14;5-1-3-7-4-2-6/h1-12H,13-16,26-28H2,(H,29,32)(H,30,33);1-8,21H,9-12,19-20H2,(H,22,24)(H,23,25);7H,1-6H2. The highest BCUT2D eigenvalue weighted by molar-refractivity contribution is 5.97. The molecule has 0 aliphatic carbocycles. The fraction of sp³-hybridized carbons (Fsp3) is 0.255. The van der Waals surface area contributed by atoms with Gasteiger partial charge in [0, 0.05) is 135 Å². The first-order valence-corrected chi connectivity index (χ1v) is 21.3. The zero-order valence-electron chi connectivity index (χ0n) is 37.1. The van der Waals surface area contributed by atoms with Crippen molar-refractivity contribution in [3.63, 3.8) is 0 Å². The summed E-state index contributed by atoms with van der Waals surface area (Å²) in [6.45, 7) is 6.31. The maximum atomic E-state index is 13.1. The van der Waals surface area contributed by atoms with Gasteiger partial charge < -0.3 is 76.9 Å². The number of nitrogens with one attached hydrogen (secondary N) is 6. The van der Waals surface area contributed by atoms with Crippen molar-refractivity contribution in [2.45, 2.75) is 0 Å². The summed E-state index contributed by atoms with van der Waals surface area (Å²) in [6, 6.07) is 33.2. The maximum absolute atomic E-state index is 13.1. The van der Waals surface area contributed by atoms with Crippen molar-refractivity contribution >= 4 is 58.0 Å². The minimum Gasteiger partial charge on any atom is -0.399 e. The Morgan fingerprint density at radius 3 is 0.848 bits per heavy atom. The van der Waals surface area contributed by atoms with E-state index in [0.717, 1.165) is 13.1 Å². The molecule has 0 unspecified atom stereocenters. The molecule has 19 nitrogen and oxygen atoms in total. The topological polar surface area (TPSA) is 343 Å². The molecular formula is C47H64N14O5. The molecule has 20 N–H and O–H groups in total. The first kappa shape index (κ1) is 52.6. The summed E-state index contributed by atoms with van der Waals surface area (Å²) >= 11 is 0. The van der Waals surface area contributed by atoms with Gasteiger partial charge >= 0.3 is 0 Å². The summed E-state index contributed by atoms with van der Waals surface area (Å²) in [5.74, 6) is -1.05. The molecule has 0 heterocycles. The molecule has 0 radical (unpaired) electrons. The van der Waals surface area contributed by atoms with Crippen LogP contribution in [-0.2, 0) is 0 Å². The van der Waals surface area contributed by atoms with Crippen LogP contribution in [0.15, 0.2) is 121 Å². The molecule has 0 aliphatic heterocycles. The molecule has 0 saturated carbocycles. The van der Waals surface area contributed by atoms with Gasteiger partial charge in [-0.1, -0.05) is 0 Å². The number of hydrogen-bond acceptors (Lipinski definition) is 14. The minimum absolute atomic E-state index is 0.140. The monoisotopic (exact) mass is 905 g/mol. The van der Waals surface area contributed by atoms with Crippen LogP contribution < -0.4 is 72.0 Å². The Morgan fingerprint density at radius 2 is 0.576 bits per heavy atom. The zero-order valence-corrected chi connectivity index (χ0v) is 37.1. The number of rotatable bonds is 21. The summed E-state index contributed by atoms with van der Waals surface area (Å²) in [4.78, 5) is 63.1. The molecule has 19 heteroatoms. The average Bonchev–Trinajstić information content (AvgIpc) is 3.32. The first-order chi connectivity index (χ1) is 31.8. The highest BCUT2D eigenvalue weighted by atomic mass is 16.2. The Bertz CT molecular complexity index is 2100. The summed E-state index contributed by atoms with van der Waals surface area (Å²) in [5, 5.41) is 17.4. The van der Waals surface area contributed by atoms with E-state index in [-0.39, 0.29) is 55.7 Å². The van der Waals surface area contributed by atoms with E-state index in [2.05, 4.69) is 31.9 Å². The Balaban J connectivity index is 0.000000316. The Hall–Kier alpha value is -7.71. The highest BCUT2D eigenvalue weighted by Gasteiger charge is 2.17. The fourth-order valence-electron chi connectivity index (χ4n) is 5.66. The number of carbonyl (C=O) groups excluding carboxylic acids is 5. The van der Waals surface area contributed by atoms with E-state index in [9.17, 15) is 24.0 Å². The second-order valence-corrected chi connectivity index (χ2v) is 14.5. The van der Waals surface area contributed by atoms with Crippen LogP contribution in [0.4, 0.5) is 28.4 Å². The van der Waals surface area contributed by atoms with Crippen molar-refractivity contribution in [3.05, 3.63) is 149 Å². The molecule has 0 bridgehead atoms. The van der Waals surface area contributed by atoms with Gasteiger partial charge in [-0.25, -0.2) is 0 Å². The number of hydrogen-bond donors (Lipinski definition) is 13. The fourth-order valence-corrected chi connectivity index (χ4v) is 5.66. The second kappa shape index (κ2) is 29.6. The maximum Gasteiger partial charge on any atom is 0.253 e. The van der Waals surface area contributed by atoms with Gasteiger partial charge in [0.05, 0.1) is 0 Å². The molecule has 5 rings (SSSR count). The van der Waals surface area contributed by atoms with E-state index in [1.54, 1.807) is 126 Å². The predicted octanol–water partition coefficient (Wildman–Crippen LogP) is 0.829. The molecule has 0 fully saturated rings. The molecule has 5 aromatic carbocycles. The number of nitrogens with zero attached hydrogens (tertiary/aromatic N) is 1. The quantitative estimate of drug-likeness (QED) is 0.0359. The van der Waals surface area contributed by atoms with E-state index >= 15 is 0 Å². The van der Waals surface area contributed by atoms with Crippen LogP contribution in [0.5, 0.6) is 0 Å². The Kier molecular flexibility index (Phi) is 23.6. The molecule has 66 heavy (non-hydrogen) atoms. The third-order valence-electron chi connectivity index (χ3n) is 9.29. The summed E-state index contributed by atoms with van der Waals surface area (Å²) in [7, 11) is 0. The van der Waals surface area contributed by atoms with Crippen LogP contribution in [0.2, 0.25) is 0 Å². The van der Waals surface area contributed by atoms with Crippen LogP contribution in [0.1, 0.15) is 51.8 Å². The molecule has 0 atom stereocenters. The van der Waals surface area contributed by atoms with E-state index in [1.807, 2.05) is 0 Å². The van der Waals surface area contributed by atoms with Crippen LogP contribution in [0.25, 0.3) is 0 Å². The molecule has 0 spiro atoms. The van der Waals surface area contributed by atoms with Crippen molar-refractivity contribution in [1.29, 1.82) is 0 Å². The minimum atomic E-state index is -0.267. The molecule has 0 aliphatic rings. The third kappa shape index (κ3) is 20.2. The molecule has 5 amide bonds. The van der Waals surface area contributed by atoms with E-state index in [1.165, 1.54) is 0 Å². The van der Waals surface area contributed by atoms with Gasteiger partial charge in [-0.2, -0.15) is 0 Å². The summed E-state index contributed by atoms with van der Waals surface area (Å²) in [5.41, 5.74) is 44.0. The van der Waals surface area contributed by atoms with Gasteiger partial charge in [0.1, 0.15) is 0 Å². The van der Waals surface area contributed by atoms with Crippen molar-refractivity contribution in [2.75, 3.05) is 107 Å². The number of benzene rings is 5. The summed E-state index contributed by atoms with van der Waals surface area (Å²) < 4.78 is 0. The number of nitrogen functional groups attached to an aromatic ring is 5. The van der Waals surface area contributed by atoms with Crippen LogP contribution in [-0.4, -0.2) is 113 Å². The highest BCUT2D eigenvalue weighted by Crippen LogP contribution is 2.11. The smallest absolute Gasteiger partial charge is 0.253 e. The van der Waals surface area contributed by atoms with Gasteiger partial charge in [0.2, 0.25) is 0 Å². The van der Waals surface area contributed by atoms with Gasteiger partial charge in [0.25, 0.3) is 29.5 Å². The molecular weight excluding hydrogens is 841 g/mol. The number of amides is 5. The predicted molar refractivity (Wildman–Crippen MR) is 263 cm³/mol. The molecule has 0 aromatic heterocycles. The van der Waals surface area contributed by atoms with Gasteiger partial charge in [0.15, 0.2) is 0 Å². The van der Waals surface area contributed by atoms with Crippen molar-refractivity contribution in [3.8, 4) is 0 Å². The SMILES string of the molecule is NCCNCCN.Nc1ccc(C(=O)NCCN(CCNC(=O)c2ccc(N)cc2)C(=O)c2ccc(N)cc2)cc1.Nc1ccc(C(=O)NCCNCCNC(=O)c2ccc(N)cc2)cc1. The third-order valence-corrected chi connectivity index (χ3v) is 9.29. The van der Waals surface area contributed by atoms with Crippen molar-refractivity contribution < 1.29 is 24.0 Å². The first-order valence-electron chi connectivity index (χ1n) is 21.3. The normalized spacial score (nSPS) is 10.2. The van der Waals surface area contributed by atoms with Gasteiger partial charge in [-0.15, -0.1) is 0 Å². The lowest BCUT2D eigenvalue weighted by atomic mass is 10.1. The van der Waals surface area contributed by atoms with Crippen LogP contribution >= 0.6 is 0 Å². The number of carbonyl (C=O) groups is 5. The lowest BCUT2D eigenvalue weighted by molar-refractivity contribution is 0.0742. The van der Waals surface area contributed by atoms with Gasteiger partial charge in [-0.3, -0.25) is 24.0 Å². The van der Waals surface area contributed by atoms with E-state index in [0.29, 0.717) is 95.5 Å². The molecule has 5 aromatic rings. The average molecular weight is 905 g/mol. The van der Waals surface area contributed by atoms with Crippen molar-refractivity contribution in [2.24, 2.45) is 11.5 Å². The Labute approximate surface area is 385 Å². The van der Waals surface area contributed by atoms with Gasteiger partial charge in [-0.05, 0) is 121 Å². The van der Waals surface area contributed by atoms with Crippen molar-refractivity contribution in [1.82, 2.24) is 36.8 Å². The molecule has 352 valence electrons. The number of nitrogens with two attached hydrogens (primary N) is 7. The zero-order chi connectivity index (χ0) is 48.1. The number of anilines is 5. The lowest BCUT2D eigenvalue weighted by Gasteiger charge is -2.23. The van der Waals surface area contributed by atoms with Crippen LogP contribution in [0, 0.1) is 0 Å². The second-order valence-electron chi connectivity index (χ2n) is 14.5. The molecule has 0 saturated heterocycles.